The number of nitrogens with zero attached hydrogens (tertiary/aromatic N) is 1. The summed E-state index contributed by atoms with van der Waals surface area (Å²) in [6, 6.07) is 3.88. The van der Waals surface area contributed by atoms with E-state index in [-0.39, 0.29) is 17.7 Å². The van der Waals surface area contributed by atoms with E-state index < -0.39 is 0 Å². The second kappa shape index (κ2) is 7.14. The summed E-state index contributed by atoms with van der Waals surface area (Å²) >= 11 is 0. The van der Waals surface area contributed by atoms with Crippen molar-refractivity contribution in [3.63, 3.8) is 0 Å². The molecule has 0 spiro atoms. The molecule has 0 aromatic heterocycles. The predicted octanol–water partition coefficient (Wildman–Crippen LogP) is 3.49. The Morgan fingerprint density at radius 3 is 2.85 bits per heavy atom. The zero-order valence-corrected chi connectivity index (χ0v) is 12.3. The van der Waals surface area contributed by atoms with Gasteiger partial charge in [0.2, 0.25) is 0 Å². The minimum absolute atomic E-state index is 0.163. The van der Waals surface area contributed by atoms with Gasteiger partial charge in [-0.3, -0.25) is 0 Å². The highest BCUT2D eigenvalue weighted by Gasteiger charge is 2.19. The molecule has 0 amide bonds. The maximum absolute atomic E-state index is 13.8. The first-order valence-electron chi connectivity index (χ1n) is 7.53. The first-order chi connectivity index (χ1) is 9.60. The van der Waals surface area contributed by atoms with Crippen LogP contribution in [-0.2, 0) is 0 Å². The van der Waals surface area contributed by atoms with E-state index in [1.807, 2.05) is 6.92 Å². The lowest BCUT2D eigenvalue weighted by Gasteiger charge is -2.23. The van der Waals surface area contributed by atoms with Gasteiger partial charge < -0.3 is 10.2 Å². The lowest BCUT2D eigenvalue weighted by molar-refractivity contribution is 0.295. The van der Waals surface area contributed by atoms with Crippen molar-refractivity contribution < 1.29 is 8.78 Å². The Hall–Kier alpha value is -1.00. The van der Waals surface area contributed by atoms with Gasteiger partial charge in [0.1, 0.15) is 11.6 Å². The molecule has 0 radical (unpaired) electrons. The highest BCUT2D eigenvalue weighted by atomic mass is 19.1. The summed E-state index contributed by atoms with van der Waals surface area (Å²) in [6.07, 6.45) is 3.32. The van der Waals surface area contributed by atoms with Gasteiger partial charge >= 0.3 is 0 Å². The van der Waals surface area contributed by atoms with E-state index in [2.05, 4.69) is 17.1 Å². The molecule has 112 valence electrons. The maximum Gasteiger partial charge on any atom is 0.128 e. The molecule has 1 aliphatic heterocycles. The monoisotopic (exact) mass is 282 g/mol. The van der Waals surface area contributed by atoms with Crippen molar-refractivity contribution in [1.29, 1.82) is 0 Å². The van der Waals surface area contributed by atoms with Gasteiger partial charge in [0.05, 0.1) is 0 Å². The van der Waals surface area contributed by atoms with Crippen LogP contribution < -0.4 is 5.32 Å². The molecule has 1 saturated heterocycles. The molecular formula is C16H24F2N2. The van der Waals surface area contributed by atoms with E-state index in [0.717, 1.165) is 45.0 Å². The Morgan fingerprint density at radius 1 is 1.30 bits per heavy atom. The summed E-state index contributed by atoms with van der Waals surface area (Å²) in [6.45, 7) is 7.38. The largest absolute Gasteiger partial charge is 0.307 e. The number of hydrogen-bond acceptors (Lipinski definition) is 2. The van der Waals surface area contributed by atoms with E-state index in [0.29, 0.717) is 11.6 Å². The Morgan fingerprint density at radius 2 is 2.10 bits per heavy atom. The lowest BCUT2D eigenvalue weighted by atomic mass is 10.0. The minimum atomic E-state index is -0.381. The zero-order chi connectivity index (χ0) is 14.5. The topological polar surface area (TPSA) is 15.3 Å². The van der Waals surface area contributed by atoms with Crippen molar-refractivity contribution in [3.8, 4) is 0 Å². The third kappa shape index (κ3) is 4.00. The average molecular weight is 282 g/mol. The summed E-state index contributed by atoms with van der Waals surface area (Å²) in [7, 11) is 0. The van der Waals surface area contributed by atoms with Crippen LogP contribution in [0.1, 0.15) is 44.7 Å². The number of rotatable bonds is 4. The lowest BCUT2D eigenvalue weighted by Crippen LogP contribution is -2.33. The number of likely N-dealkylation sites (tertiary alicyclic amines) is 1. The molecule has 1 fully saturated rings. The summed E-state index contributed by atoms with van der Waals surface area (Å²) in [5, 5.41) is 3.45. The Labute approximate surface area is 120 Å². The van der Waals surface area contributed by atoms with Crippen molar-refractivity contribution >= 4 is 0 Å². The first-order valence-corrected chi connectivity index (χ1v) is 7.53. The van der Waals surface area contributed by atoms with E-state index in [9.17, 15) is 8.78 Å². The number of nitrogens with one attached hydrogen (secondary N) is 1. The second-order valence-electron chi connectivity index (χ2n) is 5.62. The summed E-state index contributed by atoms with van der Waals surface area (Å²) in [5.41, 5.74) is 0.418. The van der Waals surface area contributed by atoms with Crippen molar-refractivity contribution in [2.45, 2.75) is 45.2 Å². The molecule has 2 rings (SSSR count). The Kier molecular flexibility index (Phi) is 5.49. The molecule has 0 bridgehead atoms. The SMILES string of the molecule is CCN1CCCC(NC(C)c2cc(F)ccc2F)CC1. The van der Waals surface area contributed by atoms with Crippen LogP contribution in [0.25, 0.3) is 0 Å². The van der Waals surface area contributed by atoms with E-state index >= 15 is 0 Å². The zero-order valence-electron chi connectivity index (χ0n) is 12.3. The quantitative estimate of drug-likeness (QED) is 0.909. The normalized spacial score (nSPS) is 22.5. The fourth-order valence-corrected chi connectivity index (χ4v) is 2.93. The molecule has 20 heavy (non-hydrogen) atoms. The van der Waals surface area contributed by atoms with Crippen molar-refractivity contribution in [3.05, 3.63) is 35.4 Å². The smallest absolute Gasteiger partial charge is 0.128 e. The Balaban J connectivity index is 1.97. The number of benzene rings is 1. The van der Waals surface area contributed by atoms with E-state index in [1.165, 1.54) is 12.1 Å². The third-order valence-corrected chi connectivity index (χ3v) is 4.18. The molecule has 1 heterocycles. The van der Waals surface area contributed by atoms with Gasteiger partial charge in [-0.25, -0.2) is 8.78 Å². The second-order valence-corrected chi connectivity index (χ2v) is 5.62. The molecule has 0 saturated carbocycles. The molecular weight excluding hydrogens is 258 g/mol. The molecule has 1 aliphatic rings. The van der Waals surface area contributed by atoms with Gasteiger partial charge in [0, 0.05) is 17.6 Å². The van der Waals surface area contributed by atoms with Crippen LogP contribution in [0.3, 0.4) is 0 Å². The predicted molar refractivity (Wildman–Crippen MR) is 77.7 cm³/mol. The van der Waals surface area contributed by atoms with Crippen LogP contribution >= 0.6 is 0 Å². The third-order valence-electron chi connectivity index (χ3n) is 4.18. The fourth-order valence-electron chi connectivity index (χ4n) is 2.93. The highest BCUT2D eigenvalue weighted by molar-refractivity contribution is 5.21. The molecule has 1 aromatic rings. The van der Waals surface area contributed by atoms with E-state index in [1.54, 1.807) is 0 Å². The summed E-state index contributed by atoms with van der Waals surface area (Å²) in [4.78, 5) is 2.44. The molecule has 2 unspecified atom stereocenters. The number of halogens is 2. The van der Waals surface area contributed by atoms with Crippen LogP contribution in [0.5, 0.6) is 0 Å². The standard InChI is InChI=1S/C16H24F2N2/c1-3-20-9-4-5-14(8-10-20)19-12(2)15-11-13(17)6-7-16(15)18/h6-7,11-12,14,19H,3-5,8-10H2,1-2H3. The summed E-state index contributed by atoms with van der Waals surface area (Å²) in [5.74, 6) is -0.719. The van der Waals surface area contributed by atoms with Gasteiger partial charge in [-0.05, 0) is 64.0 Å². The van der Waals surface area contributed by atoms with Gasteiger partial charge in [0.25, 0.3) is 0 Å². The molecule has 1 aromatic carbocycles. The van der Waals surface area contributed by atoms with Crippen LogP contribution in [-0.4, -0.2) is 30.6 Å². The van der Waals surface area contributed by atoms with Gasteiger partial charge in [-0.15, -0.1) is 0 Å². The van der Waals surface area contributed by atoms with E-state index in [4.69, 9.17) is 0 Å². The molecule has 2 nitrogen and oxygen atoms in total. The number of hydrogen-bond donors (Lipinski definition) is 1. The summed E-state index contributed by atoms with van der Waals surface area (Å²) < 4.78 is 27.0. The fraction of sp³-hybridized carbons (Fsp3) is 0.625. The Bertz CT molecular complexity index is 436. The maximum atomic E-state index is 13.8. The highest BCUT2D eigenvalue weighted by Crippen LogP contribution is 2.21. The van der Waals surface area contributed by atoms with Crippen LogP contribution in [0.2, 0.25) is 0 Å². The van der Waals surface area contributed by atoms with Crippen molar-refractivity contribution in [2.75, 3.05) is 19.6 Å². The molecule has 4 heteroatoms. The average Bonchev–Trinajstić information content (AvgIpc) is 2.66. The van der Waals surface area contributed by atoms with Gasteiger partial charge in [-0.2, -0.15) is 0 Å². The van der Waals surface area contributed by atoms with Gasteiger partial charge in [-0.1, -0.05) is 6.92 Å². The van der Waals surface area contributed by atoms with Crippen molar-refractivity contribution in [1.82, 2.24) is 10.2 Å². The molecule has 1 N–H and O–H groups in total. The van der Waals surface area contributed by atoms with Crippen LogP contribution in [0.4, 0.5) is 8.78 Å². The van der Waals surface area contributed by atoms with Gasteiger partial charge in [0.15, 0.2) is 0 Å². The molecule has 2 atom stereocenters. The molecule has 0 aliphatic carbocycles. The van der Waals surface area contributed by atoms with Crippen molar-refractivity contribution in [2.24, 2.45) is 0 Å². The minimum Gasteiger partial charge on any atom is -0.307 e. The van der Waals surface area contributed by atoms with Crippen LogP contribution in [0, 0.1) is 11.6 Å². The first kappa shape index (κ1) is 15.4. The van der Waals surface area contributed by atoms with Crippen LogP contribution in [0.15, 0.2) is 18.2 Å².